The van der Waals surface area contributed by atoms with Crippen molar-refractivity contribution in [1.82, 2.24) is 4.57 Å². The van der Waals surface area contributed by atoms with Crippen LogP contribution in [0.3, 0.4) is 0 Å². The molecule has 4 rings (SSSR count). The minimum Gasteiger partial charge on any atom is -0.494 e. The SMILES string of the molecule is CCOC(=O)C1=C(C)N=c2sc(=Cc3ccc(OC)c(OC)c3)c(=O)n2C1c1ccc(OCC)cc1. The molecular weight excluding hydrogens is 480 g/mol. The number of carbonyl (C=O) groups excluding carboxylic acids is 1. The summed E-state index contributed by atoms with van der Waals surface area (Å²) in [7, 11) is 3.13. The van der Waals surface area contributed by atoms with Crippen LogP contribution >= 0.6 is 11.3 Å². The van der Waals surface area contributed by atoms with Crippen LogP contribution in [0, 0.1) is 0 Å². The van der Waals surface area contributed by atoms with Crippen LogP contribution in [0.1, 0.15) is 37.9 Å². The molecule has 0 radical (unpaired) electrons. The van der Waals surface area contributed by atoms with Crippen LogP contribution in [0.5, 0.6) is 17.2 Å². The van der Waals surface area contributed by atoms with Crippen molar-refractivity contribution < 1.29 is 23.7 Å². The molecule has 0 spiro atoms. The molecule has 0 saturated heterocycles. The van der Waals surface area contributed by atoms with Gasteiger partial charge in [0.2, 0.25) is 0 Å². The van der Waals surface area contributed by atoms with Crippen LogP contribution in [-0.2, 0) is 9.53 Å². The maximum atomic E-state index is 13.7. The first-order valence-electron chi connectivity index (χ1n) is 11.6. The van der Waals surface area contributed by atoms with E-state index in [9.17, 15) is 9.59 Å². The number of hydrogen-bond acceptors (Lipinski definition) is 8. The van der Waals surface area contributed by atoms with E-state index in [1.165, 1.54) is 11.3 Å². The van der Waals surface area contributed by atoms with Gasteiger partial charge in [-0.3, -0.25) is 9.36 Å². The molecule has 0 amide bonds. The van der Waals surface area contributed by atoms with E-state index >= 15 is 0 Å². The van der Waals surface area contributed by atoms with Gasteiger partial charge in [0.05, 0.1) is 49.3 Å². The Morgan fingerprint density at radius 1 is 1.06 bits per heavy atom. The fourth-order valence-corrected chi connectivity index (χ4v) is 5.16. The molecule has 1 aliphatic rings. The summed E-state index contributed by atoms with van der Waals surface area (Å²) in [5.74, 6) is 1.38. The molecule has 0 aliphatic carbocycles. The van der Waals surface area contributed by atoms with Crippen LogP contribution in [-0.4, -0.2) is 38.0 Å². The molecule has 1 atom stereocenters. The van der Waals surface area contributed by atoms with Crippen LogP contribution in [0.2, 0.25) is 0 Å². The number of esters is 1. The second-order valence-corrected chi connectivity index (χ2v) is 8.93. The molecule has 0 fully saturated rings. The summed E-state index contributed by atoms with van der Waals surface area (Å²) < 4.78 is 23.7. The van der Waals surface area contributed by atoms with Crippen molar-refractivity contribution in [2.75, 3.05) is 27.4 Å². The second kappa shape index (κ2) is 10.8. The quantitative estimate of drug-likeness (QED) is 0.434. The number of fused-ring (bicyclic) bond motifs is 1. The number of nitrogens with zero attached hydrogens (tertiary/aromatic N) is 2. The van der Waals surface area contributed by atoms with E-state index in [0.717, 1.165) is 11.1 Å². The van der Waals surface area contributed by atoms with E-state index in [4.69, 9.17) is 18.9 Å². The highest BCUT2D eigenvalue weighted by atomic mass is 32.1. The number of allylic oxidation sites excluding steroid dienone is 1. The standard InChI is InChI=1S/C27H28N2O6S/c1-6-34-19-11-9-18(10-12-19)24-23(26(31)35-7-2)16(3)28-27-29(24)25(30)22(36-27)15-17-8-13-20(32-4)21(14-17)33-5/h8-15,24H,6-7H2,1-5H3. The molecule has 3 aromatic rings. The van der Waals surface area contributed by atoms with E-state index < -0.39 is 12.0 Å². The molecule has 9 heteroatoms. The Hall–Kier alpha value is -3.85. The molecular formula is C27H28N2O6S. The number of thiazole rings is 1. The van der Waals surface area contributed by atoms with Crippen molar-refractivity contribution in [3.63, 3.8) is 0 Å². The zero-order chi connectivity index (χ0) is 25.8. The highest BCUT2D eigenvalue weighted by Crippen LogP contribution is 2.32. The molecule has 2 heterocycles. The van der Waals surface area contributed by atoms with Gasteiger partial charge in [-0.25, -0.2) is 9.79 Å². The zero-order valence-electron chi connectivity index (χ0n) is 20.9. The Bertz CT molecular complexity index is 1480. The van der Waals surface area contributed by atoms with Crippen molar-refractivity contribution in [2.24, 2.45) is 4.99 Å². The van der Waals surface area contributed by atoms with Crippen molar-refractivity contribution in [3.8, 4) is 17.2 Å². The third-order valence-electron chi connectivity index (χ3n) is 5.73. The van der Waals surface area contributed by atoms with Crippen LogP contribution < -0.4 is 29.1 Å². The van der Waals surface area contributed by atoms with Gasteiger partial charge in [-0.2, -0.15) is 0 Å². The molecule has 0 bridgehead atoms. The summed E-state index contributed by atoms with van der Waals surface area (Å²) in [5, 5.41) is 0. The van der Waals surface area contributed by atoms with E-state index in [1.54, 1.807) is 50.8 Å². The third kappa shape index (κ3) is 4.79. The minimum atomic E-state index is -0.677. The smallest absolute Gasteiger partial charge is 0.338 e. The molecule has 0 N–H and O–H groups in total. The van der Waals surface area contributed by atoms with Crippen LogP contribution in [0.4, 0.5) is 0 Å². The first-order valence-corrected chi connectivity index (χ1v) is 12.4. The van der Waals surface area contributed by atoms with E-state index in [-0.39, 0.29) is 12.2 Å². The predicted molar refractivity (Wildman–Crippen MR) is 138 cm³/mol. The summed E-state index contributed by atoms with van der Waals surface area (Å²) in [6.07, 6.45) is 1.78. The molecule has 1 aromatic heterocycles. The molecule has 2 aromatic carbocycles. The Kier molecular flexibility index (Phi) is 7.59. The van der Waals surface area contributed by atoms with Crippen molar-refractivity contribution in [1.29, 1.82) is 0 Å². The highest BCUT2D eigenvalue weighted by molar-refractivity contribution is 7.07. The lowest BCUT2D eigenvalue weighted by molar-refractivity contribution is -0.139. The first kappa shape index (κ1) is 25.2. The Balaban J connectivity index is 1.89. The molecule has 8 nitrogen and oxygen atoms in total. The van der Waals surface area contributed by atoms with Gasteiger partial charge in [0.25, 0.3) is 5.56 Å². The highest BCUT2D eigenvalue weighted by Gasteiger charge is 2.33. The predicted octanol–water partition coefficient (Wildman–Crippen LogP) is 3.21. The van der Waals surface area contributed by atoms with E-state index in [0.29, 0.717) is 44.5 Å². The monoisotopic (exact) mass is 508 g/mol. The van der Waals surface area contributed by atoms with Gasteiger partial charge in [0, 0.05) is 0 Å². The number of benzene rings is 2. The Morgan fingerprint density at radius 3 is 2.42 bits per heavy atom. The van der Waals surface area contributed by atoms with Gasteiger partial charge in [-0.1, -0.05) is 29.5 Å². The largest absolute Gasteiger partial charge is 0.494 e. The number of hydrogen-bond donors (Lipinski definition) is 0. The number of ether oxygens (including phenoxy) is 4. The van der Waals surface area contributed by atoms with Gasteiger partial charge < -0.3 is 18.9 Å². The van der Waals surface area contributed by atoms with Gasteiger partial charge in [-0.15, -0.1) is 0 Å². The Labute approximate surface area is 212 Å². The molecule has 188 valence electrons. The lowest BCUT2D eigenvalue weighted by atomic mass is 9.96. The van der Waals surface area contributed by atoms with E-state index in [2.05, 4.69) is 4.99 Å². The molecule has 1 unspecified atom stereocenters. The number of methoxy groups -OCH3 is 2. The molecule has 36 heavy (non-hydrogen) atoms. The summed E-state index contributed by atoms with van der Waals surface area (Å²) in [6.45, 7) is 6.18. The van der Waals surface area contributed by atoms with Gasteiger partial charge in [-0.05, 0) is 62.2 Å². The first-order chi connectivity index (χ1) is 17.4. The van der Waals surface area contributed by atoms with Crippen LogP contribution in [0.25, 0.3) is 6.08 Å². The maximum absolute atomic E-state index is 13.7. The van der Waals surface area contributed by atoms with Gasteiger partial charge in [0.15, 0.2) is 16.3 Å². The normalized spacial score (nSPS) is 15.2. The molecule has 1 aliphatic heterocycles. The maximum Gasteiger partial charge on any atom is 0.338 e. The number of carbonyl (C=O) groups is 1. The minimum absolute atomic E-state index is 0.218. The van der Waals surface area contributed by atoms with Gasteiger partial charge in [0.1, 0.15) is 5.75 Å². The van der Waals surface area contributed by atoms with Gasteiger partial charge >= 0.3 is 5.97 Å². The Morgan fingerprint density at radius 2 is 1.78 bits per heavy atom. The second-order valence-electron chi connectivity index (χ2n) is 7.92. The summed E-state index contributed by atoms with van der Waals surface area (Å²) in [4.78, 5) is 31.8. The van der Waals surface area contributed by atoms with E-state index in [1.807, 2.05) is 37.3 Å². The summed E-state index contributed by atoms with van der Waals surface area (Å²) in [5.41, 5.74) is 2.14. The fourth-order valence-electron chi connectivity index (χ4n) is 4.11. The lowest BCUT2D eigenvalue weighted by Crippen LogP contribution is -2.39. The van der Waals surface area contributed by atoms with Crippen LogP contribution in [0.15, 0.2) is 63.5 Å². The van der Waals surface area contributed by atoms with Crippen molar-refractivity contribution in [3.05, 3.63) is 84.5 Å². The lowest BCUT2D eigenvalue weighted by Gasteiger charge is -2.24. The van der Waals surface area contributed by atoms with Crippen molar-refractivity contribution >= 4 is 23.4 Å². The summed E-state index contributed by atoms with van der Waals surface area (Å²) >= 11 is 1.27. The zero-order valence-corrected chi connectivity index (χ0v) is 21.7. The average molecular weight is 509 g/mol. The fraction of sp³-hybridized carbons (Fsp3) is 0.296. The molecule has 0 saturated carbocycles. The third-order valence-corrected chi connectivity index (χ3v) is 6.71. The summed E-state index contributed by atoms with van der Waals surface area (Å²) in [6, 6.07) is 12.1. The topological polar surface area (TPSA) is 88.4 Å². The number of aromatic nitrogens is 1. The van der Waals surface area contributed by atoms with Crippen molar-refractivity contribution in [2.45, 2.75) is 26.8 Å². The average Bonchev–Trinajstić information content (AvgIpc) is 3.18. The number of rotatable bonds is 8.